The third kappa shape index (κ3) is 5.64. The number of amides is 2. The highest BCUT2D eigenvalue weighted by molar-refractivity contribution is 5.92. The third-order valence-electron chi connectivity index (χ3n) is 6.05. The first-order valence-electron chi connectivity index (χ1n) is 10.4. The lowest BCUT2D eigenvalue weighted by Crippen LogP contribution is -2.49. The number of nitrogens with zero attached hydrogens (tertiary/aromatic N) is 1. The van der Waals surface area contributed by atoms with Gasteiger partial charge in [-0.3, -0.25) is 14.4 Å². The maximum Gasteiger partial charge on any atom is 0.223 e. The minimum Gasteiger partial charge on any atom is -0.369 e. The van der Waals surface area contributed by atoms with Crippen molar-refractivity contribution in [3.05, 3.63) is 35.9 Å². The molecule has 2 heterocycles. The Hall–Kier alpha value is -2.25. The number of primary amides is 1. The van der Waals surface area contributed by atoms with Gasteiger partial charge in [-0.15, -0.1) is 0 Å². The average Bonchev–Trinajstić information content (AvgIpc) is 3.33. The molecule has 29 heavy (non-hydrogen) atoms. The zero-order valence-electron chi connectivity index (χ0n) is 17.1. The Labute approximate surface area is 172 Å². The van der Waals surface area contributed by atoms with Crippen LogP contribution < -0.4 is 11.1 Å². The van der Waals surface area contributed by atoms with E-state index in [-0.39, 0.29) is 30.8 Å². The summed E-state index contributed by atoms with van der Waals surface area (Å²) >= 11 is 0. The SMILES string of the molecule is CC(CCC(=O)NC1C(=O)COC1CN1CCCC1)(Cc1ccccc1)C(N)=O. The zero-order chi connectivity index (χ0) is 20.9. The second kappa shape index (κ2) is 9.50. The summed E-state index contributed by atoms with van der Waals surface area (Å²) in [6, 6.07) is 9.01. The largest absolute Gasteiger partial charge is 0.369 e. The van der Waals surface area contributed by atoms with Crippen LogP contribution in [0.2, 0.25) is 0 Å². The van der Waals surface area contributed by atoms with Gasteiger partial charge in [0.25, 0.3) is 0 Å². The molecule has 2 aliphatic heterocycles. The summed E-state index contributed by atoms with van der Waals surface area (Å²) in [5, 5.41) is 2.84. The molecule has 0 saturated carbocycles. The summed E-state index contributed by atoms with van der Waals surface area (Å²) in [4.78, 5) is 39.1. The molecule has 1 aromatic carbocycles. The van der Waals surface area contributed by atoms with Crippen molar-refractivity contribution in [3.8, 4) is 0 Å². The molecule has 3 unspecified atom stereocenters. The molecular formula is C22H31N3O4. The minimum absolute atomic E-state index is 0.0382. The van der Waals surface area contributed by atoms with Gasteiger partial charge in [0.05, 0.1) is 11.5 Å². The van der Waals surface area contributed by atoms with Crippen molar-refractivity contribution in [2.24, 2.45) is 11.1 Å². The zero-order valence-corrected chi connectivity index (χ0v) is 17.1. The van der Waals surface area contributed by atoms with Gasteiger partial charge < -0.3 is 20.7 Å². The molecule has 7 nitrogen and oxygen atoms in total. The minimum atomic E-state index is -0.830. The van der Waals surface area contributed by atoms with Crippen LogP contribution in [0.4, 0.5) is 0 Å². The summed E-state index contributed by atoms with van der Waals surface area (Å²) in [6.07, 6.45) is 2.93. The van der Waals surface area contributed by atoms with Gasteiger partial charge in [0, 0.05) is 13.0 Å². The lowest BCUT2D eigenvalue weighted by atomic mass is 9.79. The van der Waals surface area contributed by atoms with Crippen molar-refractivity contribution >= 4 is 17.6 Å². The molecule has 0 spiro atoms. The first-order chi connectivity index (χ1) is 13.9. The van der Waals surface area contributed by atoms with Crippen molar-refractivity contribution in [2.75, 3.05) is 26.2 Å². The Kier molecular flexibility index (Phi) is 7.03. The number of ketones is 1. The van der Waals surface area contributed by atoms with Gasteiger partial charge in [0.15, 0.2) is 5.78 Å². The highest BCUT2D eigenvalue weighted by atomic mass is 16.5. The van der Waals surface area contributed by atoms with Gasteiger partial charge in [0.1, 0.15) is 12.6 Å². The smallest absolute Gasteiger partial charge is 0.223 e. The third-order valence-corrected chi connectivity index (χ3v) is 6.05. The Morgan fingerprint density at radius 1 is 1.24 bits per heavy atom. The predicted molar refractivity (Wildman–Crippen MR) is 109 cm³/mol. The number of Topliss-reactive ketones (excluding diaryl/α,β-unsaturated/α-hetero) is 1. The Morgan fingerprint density at radius 2 is 1.93 bits per heavy atom. The molecule has 158 valence electrons. The first-order valence-corrected chi connectivity index (χ1v) is 10.4. The number of carbonyl (C=O) groups is 3. The van der Waals surface area contributed by atoms with E-state index in [4.69, 9.17) is 10.5 Å². The van der Waals surface area contributed by atoms with Crippen LogP contribution in [0.3, 0.4) is 0 Å². The number of rotatable bonds is 9. The number of nitrogens with two attached hydrogens (primary N) is 1. The summed E-state index contributed by atoms with van der Waals surface area (Å²) in [7, 11) is 0. The number of nitrogens with one attached hydrogen (secondary N) is 1. The van der Waals surface area contributed by atoms with Gasteiger partial charge >= 0.3 is 0 Å². The van der Waals surface area contributed by atoms with Crippen LogP contribution in [0.1, 0.15) is 38.2 Å². The molecule has 2 amide bonds. The van der Waals surface area contributed by atoms with E-state index in [1.54, 1.807) is 6.92 Å². The molecule has 0 aliphatic carbocycles. The number of likely N-dealkylation sites (tertiary alicyclic amines) is 1. The highest BCUT2D eigenvalue weighted by Crippen LogP contribution is 2.28. The van der Waals surface area contributed by atoms with Gasteiger partial charge in [-0.1, -0.05) is 37.3 Å². The molecule has 0 aromatic heterocycles. The molecule has 0 radical (unpaired) electrons. The Bertz CT molecular complexity index is 733. The topological polar surface area (TPSA) is 102 Å². The van der Waals surface area contributed by atoms with Crippen molar-refractivity contribution in [3.63, 3.8) is 0 Å². The van der Waals surface area contributed by atoms with Crippen molar-refractivity contribution in [2.45, 2.75) is 51.2 Å². The van der Waals surface area contributed by atoms with E-state index in [1.807, 2.05) is 30.3 Å². The van der Waals surface area contributed by atoms with Gasteiger partial charge in [-0.25, -0.2) is 0 Å². The summed E-state index contributed by atoms with van der Waals surface area (Å²) in [6.45, 7) is 4.49. The monoisotopic (exact) mass is 401 g/mol. The molecule has 7 heteroatoms. The molecule has 3 atom stereocenters. The lowest BCUT2D eigenvalue weighted by Gasteiger charge is -2.27. The number of carbonyl (C=O) groups excluding carboxylic acids is 3. The maximum atomic E-state index is 12.6. The Balaban J connectivity index is 1.55. The molecule has 3 rings (SSSR count). The summed E-state index contributed by atoms with van der Waals surface area (Å²) in [5.74, 6) is -0.772. The summed E-state index contributed by atoms with van der Waals surface area (Å²) < 4.78 is 5.62. The van der Waals surface area contributed by atoms with E-state index >= 15 is 0 Å². The molecule has 1 aromatic rings. The average molecular weight is 402 g/mol. The molecule has 2 saturated heterocycles. The van der Waals surface area contributed by atoms with E-state index in [0.29, 0.717) is 19.4 Å². The molecule has 0 bridgehead atoms. The second-order valence-corrected chi connectivity index (χ2v) is 8.46. The van der Waals surface area contributed by atoms with Gasteiger partial charge in [0.2, 0.25) is 11.8 Å². The van der Waals surface area contributed by atoms with Crippen LogP contribution in [0.15, 0.2) is 30.3 Å². The molecule has 2 aliphatic rings. The van der Waals surface area contributed by atoms with Crippen molar-refractivity contribution in [1.82, 2.24) is 10.2 Å². The van der Waals surface area contributed by atoms with Crippen molar-refractivity contribution in [1.29, 1.82) is 0 Å². The van der Waals surface area contributed by atoms with Crippen molar-refractivity contribution < 1.29 is 19.1 Å². The van der Waals surface area contributed by atoms with E-state index in [0.717, 1.165) is 31.5 Å². The second-order valence-electron chi connectivity index (χ2n) is 8.46. The van der Waals surface area contributed by atoms with Crippen LogP contribution in [0.5, 0.6) is 0 Å². The normalized spacial score (nSPS) is 24.4. The van der Waals surface area contributed by atoms with E-state index in [2.05, 4.69) is 10.2 Å². The van der Waals surface area contributed by atoms with Gasteiger partial charge in [-0.05, 0) is 44.3 Å². The first kappa shape index (κ1) is 21.5. The molecule has 2 fully saturated rings. The van der Waals surface area contributed by atoms with Crippen LogP contribution in [-0.2, 0) is 25.5 Å². The molecular weight excluding hydrogens is 370 g/mol. The fourth-order valence-corrected chi connectivity index (χ4v) is 4.11. The van der Waals surface area contributed by atoms with Crippen LogP contribution in [-0.4, -0.2) is 60.9 Å². The number of benzene rings is 1. The lowest BCUT2D eigenvalue weighted by molar-refractivity contribution is -0.129. The highest BCUT2D eigenvalue weighted by Gasteiger charge is 2.39. The predicted octanol–water partition coefficient (Wildman–Crippen LogP) is 1.05. The van der Waals surface area contributed by atoms with Crippen LogP contribution in [0, 0.1) is 5.41 Å². The number of hydrogen-bond donors (Lipinski definition) is 2. The molecule has 3 N–H and O–H groups in total. The number of ether oxygens (including phenoxy) is 1. The number of hydrogen-bond acceptors (Lipinski definition) is 5. The van der Waals surface area contributed by atoms with Crippen LogP contribution in [0.25, 0.3) is 0 Å². The summed E-state index contributed by atoms with van der Waals surface area (Å²) in [5.41, 5.74) is 5.82. The Morgan fingerprint density at radius 3 is 2.59 bits per heavy atom. The van der Waals surface area contributed by atoms with Crippen LogP contribution >= 0.6 is 0 Å². The standard InChI is InChI=1S/C22H31N3O4/c1-22(21(23)28,13-16-7-3-2-4-8-16)10-9-19(27)24-20-17(26)15-29-18(20)14-25-11-5-6-12-25/h2-4,7-8,18,20H,5-6,9-15H2,1H3,(H2,23,28)(H,24,27). The quantitative estimate of drug-likeness (QED) is 0.644. The van der Waals surface area contributed by atoms with E-state index in [9.17, 15) is 14.4 Å². The van der Waals surface area contributed by atoms with Gasteiger partial charge in [-0.2, -0.15) is 0 Å². The van der Waals surface area contributed by atoms with E-state index in [1.165, 1.54) is 0 Å². The van der Waals surface area contributed by atoms with E-state index < -0.39 is 17.4 Å². The maximum absolute atomic E-state index is 12.6. The fourth-order valence-electron chi connectivity index (χ4n) is 4.11. The fraction of sp³-hybridized carbons (Fsp3) is 0.591.